The predicted octanol–water partition coefficient (Wildman–Crippen LogP) is 3.17. The van der Waals surface area contributed by atoms with E-state index < -0.39 is 32.3 Å². The molecule has 25 heavy (non-hydrogen) atoms. The largest absolute Gasteiger partial charge is 0.531 e. The lowest BCUT2D eigenvalue weighted by Crippen LogP contribution is -2.50. The SMILES string of the molecule is CO[Si](O)(O)c1ccc(-c2cc(C(F)(F)F)cc(C(F)(F)F)c2)cc1. The Bertz CT molecular complexity index is 721. The van der Waals surface area contributed by atoms with Gasteiger partial charge in [0.15, 0.2) is 0 Å². The van der Waals surface area contributed by atoms with Crippen molar-refractivity contribution in [1.82, 2.24) is 0 Å². The van der Waals surface area contributed by atoms with Crippen molar-refractivity contribution in [3.63, 3.8) is 0 Å². The molecule has 0 atom stereocenters. The molecule has 0 aliphatic heterocycles. The lowest BCUT2D eigenvalue weighted by molar-refractivity contribution is -0.143. The topological polar surface area (TPSA) is 49.7 Å². The highest BCUT2D eigenvalue weighted by Crippen LogP contribution is 2.38. The molecule has 0 aliphatic carbocycles. The van der Waals surface area contributed by atoms with Crippen molar-refractivity contribution in [3.05, 3.63) is 53.6 Å². The summed E-state index contributed by atoms with van der Waals surface area (Å²) < 4.78 is 81.8. The minimum atomic E-state index is -4.94. The van der Waals surface area contributed by atoms with Gasteiger partial charge < -0.3 is 14.0 Å². The highest BCUT2D eigenvalue weighted by molar-refractivity contribution is 6.72. The van der Waals surface area contributed by atoms with Gasteiger partial charge in [-0.25, -0.2) is 0 Å². The Morgan fingerprint density at radius 2 is 1.20 bits per heavy atom. The molecule has 2 N–H and O–H groups in total. The quantitative estimate of drug-likeness (QED) is 0.633. The lowest BCUT2D eigenvalue weighted by Gasteiger charge is -2.16. The second-order valence-electron chi connectivity index (χ2n) is 5.18. The zero-order chi connectivity index (χ0) is 19.0. The van der Waals surface area contributed by atoms with E-state index in [1.54, 1.807) is 0 Å². The molecule has 0 saturated heterocycles. The fraction of sp³-hybridized carbons (Fsp3) is 0.200. The maximum atomic E-state index is 12.9. The molecule has 0 fully saturated rings. The van der Waals surface area contributed by atoms with Crippen LogP contribution < -0.4 is 5.19 Å². The number of benzene rings is 2. The van der Waals surface area contributed by atoms with Crippen molar-refractivity contribution < 1.29 is 40.4 Å². The number of halogens is 6. The van der Waals surface area contributed by atoms with E-state index in [0.29, 0.717) is 12.1 Å². The van der Waals surface area contributed by atoms with Crippen LogP contribution in [0.25, 0.3) is 11.1 Å². The molecule has 0 unspecified atom stereocenters. The van der Waals surface area contributed by atoms with Gasteiger partial charge in [-0.05, 0) is 29.3 Å². The van der Waals surface area contributed by atoms with Crippen molar-refractivity contribution in [3.8, 4) is 11.1 Å². The summed E-state index contributed by atoms with van der Waals surface area (Å²) in [6.07, 6.45) is -9.88. The van der Waals surface area contributed by atoms with Crippen LogP contribution in [0.2, 0.25) is 0 Å². The second-order valence-corrected chi connectivity index (χ2v) is 7.39. The van der Waals surface area contributed by atoms with E-state index in [-0.39, 0.29) is 22.4 Å². The molecule has 0 bridgehead atoms. The van der Waals surface area contributed by atoms with Crippen LogP contribution in [-0.4, -0.2) is 25.5 Å². The van der Waals surface area contributed by atoms with E-state index in [1.165, 1.54) is 24.3 Å². The predicted molar refractivity (Wildman–Crippen MR) is 78.7 cm³/mol. The third-order valence-corrected chi connectivity index (χ3v) is 5.12. The summed E-state index contributed by atoms with van der Waals surface area (Å²) in [6, 6.07) is 5.99. The molecule has 0 amide bonds. The van der Waals surface area contributed by atoms with Gasteiger partial charge in [0, 0.05) is 12.3 Å². The molecule has 0 aliphatic rings. The summed E-state index contributed by atoms with van der Waals surface area (Å²) in [4.78, 5) is 19.3. The van der Waals surface area contributed by atoms with Crippen molar-refractivity contribution >= 4 is 14.0 Å². The van der Waals surface area contributed by atoms with Crippen LogP contribution in [0.4, 0.5) is 26.3 Å². The standard InChI is InChI=1S/C15H12F6O3Si/c1-24-25(22,23)13-4-2-9(3-5-13)10-6-11(14(16,17)18)8-12(7-10)15(19,20)21/h2-8,22-23H,1H3. The Hall–Kier alpha value is -1.88. The van der Waals surface area contributed by atoms with Gasteiger partial charge >= 0.3 is 21.2 Å². The molecule has 3 nitrogen and oxygen atoms in total. The first-order valence-corrected chi connectivity index (χ1v) is 8.55. The summed E-state index contributed by atoms with van der Waals surface area (Å²) in [7, 11) is -3.05. The highest BCUT2D eigenvalue weighted by atomic mass is 28.4. The molecule has 10 heteroatoms. The average Bonchev–Trinajstić information content (AvgIpc) is 2.53. The Morgan fingerprint density at radius 1 is 0.760 bits per heavy atom. The Kier molecular flexibility index (Phi) is 5.01. The normalized spacial score (nSPS) is 13.2. The first kappa shape index (κ1) is 19.4. The third kappa shape index (κ3) is 4.40. The first-order chi connectivity index (χ1) is 11.3. The molecule has 2 rings (SSSR count). The number of alkyl halides is 6. The number of rotatable bonds is 3. The van der Waals surface area contributed by atoms with Crippen LogP contribution in [0.5, 0.6) is 0 Å². The Labute approximate surface area is 139 Å². The lowest BCUT2D eigenvalue weighted by atomic mass is 9.99. The zero-order valence-corrected chi connectivity index (χ0v) is 13.6. The monoisotopic (exact) mass is 382 g/mol. The van der Waals surface area contributed by atoms with E-state index in [9.17, 15) is 35.9 Å². The molecule has 2 aromatic rings. The highest BCUT2D eigenvalue weighted by Gasteiger charge is 2.37. The average molecular weight is 382 g/mol. The summed E-state index contributed by atoms with van der Waals surface area (Å²) in [5.74, 6) is 0. The maximum absolute atomic E-state index is 12.9. The van der Waals surface area contributed by atoms with Gasteiger partial charge in [0.05, 0.1) is 11.1 Å². The summed E-state index contributed by atoms with van der Waals surface area (Å²) in [5, 5.41) is 0.00164. The van der Waals surface area contributed by atoms with Gasteiger partial charge in [0.2, 0.25) is 0 Å². The van der Waals surface area contributed by atoms with E-state index in [1.807, 2.05) is 0 Å². The zero-order valence-electron chi connectivity index (χ0n) is 12.6. The molecule has 0 spiro atoms. The first-order valence-electron chi connectivity index (χ1n) is 6.75. The molecule has 0 radical (unpaired) electrons. The third-order valence-electron chi connectivity index (χ3n) is 3.47. The van der Waals surface area contributed by atoms with Crippen LogP contribution >= 0.6 is 0 Å². The van der Waals surface area contributed by atoms with Crippen LogP contribution in [-0.2, 0) is 16.8 Å². The van der Waals surface area contributed by atoms with Gasteiger partial charge in [-0.3, -0.25) is 0 Å². The van der Waals surface area contributed by atoms with Crippen molar-refractivity contribution in [2.24, 2.45) is 0 Å². The second kappa shape index (κ2) is 6.45. The Balaban J connectivity index is 2.55. The van der Waals surface area contributed by atoms with E-state index in [4.69, 9.17) is 0 Å². The van der Waals surface area contributed by atoms with Crippen LogP contribution in [0.15, 0.2) is 42.5 Å². The maximum Gasteiger partial charge on any atom is 0.531 e. The molecule has 0 aromatic heterocycles. The fourth-order valence-electron chi connectivity index (χ4n) is 2.12. The van der Waals surface area contributed by atoms with Crippen LogP contribution in [0.1, 0.15) is 11.1 Å². The van der Waals surface area contributed by atoms with Crippen LogP contribution in [0.3, 0.4) is 0 Å². The molecule has 2 aromatic carbocycles. The summed E-state index contributed by atoms with van der Waals surface area (Å²) in [5.41, 5.74) is -3.09. The summed E-state index contributed by atoms with van der Waals surface area (Å²) in [6.45, 7) is 0. The van der Waals surface area contributed by atoms with Crippen LogP contribution in [0, 0.1) is 0 Å². The molecular weight excluding hydrogens is 370 g/mol. The minimum absolute atomic E-state index is 0.00164. The molecular formula is C15H12F6O3Si. The van der Waals surface area contributed by atoms with Crippen molar-refractivity contribution in [1.29, 1.82) is 0 Å². The van der Waals surface area contributed by atoms with Gasteiger partial charge in [0.1, 0.15) is 0 Å². The molecule has 0 heterocycles. The van der Waals surface area contributed by atoms with E-state index >= 15 is 0 Å². The van der Waals surface area contributed by atoms with Gasteiger partial charge in [0.25, 0.3) is 0 Å². The fourth-order valence-corrected chi connectivity index (χ4v) is 2.96. The smallest absolute Gasteiger partial charge is 0.386 e. The molecule has 136 valence electrons. The van der Waals surface area contributed by atoms with Crippen molar-refractivity contribution in [2.45, 2.75) is 12.4 Å². The van der Waals surface area contributed by atoms with Crippen molar-refractivity contribution in [2.75, 3.05) is 7.11 Å². The number of hydrogen-bond acceptors (Lipinski definition) is 3. The van der Waals surface area contributed by atoms with E-state index in [0.717, 1.165) is 7.11 Å². The van der Waals surface area contributed by atoms with Gasteiger partial charge in [-0.2, -0.15) is 26.3 Å². The van der Waals surface area contributed by atoms with Gasteiger partial charge in [-0.1, -0.05) is 24.3 Å². The molecule has 0 saturated carbocycles. The summed E-state index contributed by atoms with van der Waals surface area (Å²) >= 11 is 0. The Morgan fingerprint density at radius 3 is 1.56 bits per heavy atom. The van der Waals surface area contributed by atoms with E-state index in [2.05, 4.69) is 4.43 Å². The number of hydrogen-bond donors (Lipinski definition) is 2. The van der Waals surface area contributed by atoms with Gasteiger partial charge in [-0.15, -0.1) is 0 Å². The minimum Gasteiger partial charge on any atom is -0.386 e.